The van der Waals surface area contributed by atoms with E-state index in [-0.39, 0.29) is 5.91 Å². The first kappa shape index (κ1) is 15.4. The Hall–Kier alpha value is -0.650. The van der Waals surface area contributed by atoms with Crippen LogP contribution in [-0.4, -0.2) is 62.8 Å². The largest absolute Gasteiger partial charge is 0.379 e. The molecule has 106 valence electrons. The van der Waals surface area contributed by atoms with Gasteiger partial charge in [-0.15, -0.1) is 0 Å². The molecule has 2 N–H and O–H groups in total. The Morgan fingerprint density at radius 1 is 1.28 bits per heavy atom. The molecule has 1 aliphatic rings. The number of amides is 1. The van der Waals surface area contributed by atoms with Gasteiger partial charge in [0.15, 0.2) is 0 Å². The van der Waals surface area contributed by atoms with Gasteiger partial charge in [-0.05, 0) is 12.8 Å². The van der Waals surface area contributed by atoms with Gasteiger partial charge in [-0.1, -0.05) is 13.8 Å². The number of morpholine rings is 1. The predicted molar refractivity (Wildman–Crippen MR) is 72.6 cm³/mol. The first-order chi connectivity index (χ1) is 8.58. The predicted octanol–water partition coefficient (Wildman–Crippen LogP) is 0.0689. The number of nitrogens with one attached hydrogen (secondary N) is 2. The highest BCUT2D eigenvalue weighted by Crippen LogP contribution is 1.98. The average molecular weight is 257 g/mol. The second kappa shape index (κ2) is 8.45. The number of carbonyl (C=O) groups is 1. The van der Waals surface area contributed by atoms with E-state index in [9.17, 15) is 4.79 Å². The van der Waals surface area contributed by atoms with Gasteiger partial charge in [0.1, 0.15) is 0 Å². The normalized spacial score (nSPS) is 18.9. The van der Waals surface area contributed by atoms with Gasteiger partial charge in [0.2, 0.25) is 5.91 Å². The molecule has 1 atom stereocenters. The maximum atomic E-state index is 11.5. The number of hydrogen-bond donors (Lipinski definition) is 2. The number of hydrogen-bond acceptors (Lipinski definition) is 4. The first-order valence-corrected chi connectivity index (χ1v) is 6.88. The summed E-state index contributed by atoms with van der Waals surface area (Å²) < 4.78 is 5.31. The summed E-state index contributed by atoms with van der Waals surface area (Å²) in [6.45, 7) is 12.0. The number of carbonyl (C=O) groups excluding carboxylic acids is 1. The summed E-state index contributed by atoms with van der Waals surface area (Å²) in [6, 6.07) is 0.327. The molecule has 18 heavy (non-hydrogen) atoms. The molecule has 0 radical (unpaired) electrons. The van der Waals surface area contributed by atoms with E-state index in [0.717, 1.165) is 39.4 Å². The highest BCUT2D eigenvalue weighted by atomic mass is 16.5. The van der Waals surface area contributed by atoms with Crippen LogP contribution in [0.3, 0.4) is 0 Å². The molecule has 5 heteroatoms. The van der Waals surface area contributed by atoms with E-state index in [0.29, 0.717) is 18.5 Å². The zero-order valence-corrected chi connectivity index (χ0v) is 11.9. The Kier molecular flexibility index (Phi) is 7.23. The van der Waals surface area contributed by atoms with Crippen molar-refractivity contribution in [3.05, 3.63) is 0 Å². The summed E-state index contributed by atoms with van der Waals surface area (Å²) in [6.07, 6.45) is 0. The van der Waals surface area contributed by atoms with Crippen molar-refractivity contribution in [2.45, 2.75) is 26.8 Å². The van der Waals surface area contributed by atoms with Crippen LogP contribution in [0.1, 0.15) is 20.8 Å². The molecule has 1 unspecified atom stereocenters. The van der Waals surface area contributed by atoms with Crippen LogP contribution < -0.4 is 10.6 Å². The standard InChI is InChI=1S/C13H27N3O2/c1-11(2)8-15-13(17)9-14-12(3)10-16-4-6-18-7-5-16/h11-12,14H,4-10H2,1-3H3,(H,15,17). The lowest BCUT2D eigenvalue weighted by atomic mass is 10.2. The summed E-state index contributed by atoms with van der Waals surface area (Å²) in [7, 11) is 0. The van der Waals surface area contributed by atoms with Gasteiger partial charge in [0.05, 0.1) is 19.8 Å². The Morgan fingerprint density at radius 2 is 1.94 bits per heavy atom. The lowest BCUT2D eigenvalue weighted by Crippen LogP contribution is -2.47. The molecule has 1 saturated heterocycles. The van der Waals surface area contributed by atoms with Crippen LogP contribution in [0.5, 0.6) is 0 Å². The van der Waals surface area contributed by atoms with Crippen LogP contribution >= 0.6 is 0 Å². The van der Waals surface area contributed by atoms with Gasteiger partial charge in [0, 0.05) is 32.2 Å². The van der Waals surface area contributed by atoms with Crippen LogP contribution in [0, 0.1) is 5.92 Å². The molecule has 0 aromatic carbocycles. The van der Waals surface area contributed by atoms with E-state index in [1.165, 1.54) is 0 Å². The monoisotopic (exact) mass is 257 g/mol. The van der Waals surface area contributed by atoms with Gasteiger partial charge < -0.3 is 15.4 Å². The number of rotatable bonds is 7. The Morgan fingerprint density at radius 3 is 2.56 bits per heavy atom. The van der Waals surface area contributed by atoms with Crippen molar-refractivity contribution in [3.63, 3.8) is 0 Å². The smallest absolute Gasteiger partial charge is 0.233 e. The van der Waals surface area contributed by atoms with Crippen LogP contribution in [0.2, 0.25) is 0 Å². The fourth-order valence-corrected chi connectivity index (χ4v) is 1.88. The molecule has 0 saturated carbocycles. The molecule has 0 spiro atoms. The first-order valence-electron chi connectivity index (χ1n) is 6.88. The van der Waals surface area contributed by atoms with Crippen LogP contribution in [-0.2, 0) is 9.53 Å². The fourth-order valence-electron chi connectivity index (χ4n) is 1.88. The van der Waals surface area contributed by atoms with Crippen molar-refractivity contribution < 1.29 is 9.53 Å². The van der Waals surface area contributed by atoms with Gasteiger partial charge in [-0.25, -0.2) is 0 Å². The molecule has 0 aromatic heterocycles. The van der Waals surface area contributed by atoms with Crippen LogP contribution in [0.15, 0.2) is 0 Å². The molecule has 5 nitrogen and oxygen atoms in total. The van der Waals surface area contributed by atoms with Crippen LogP contribution in [0.25, 0.3) is 0 Å². The summed E-state index contributed by atoms with van der Waals surface area (Å²) in [4.78, 5) is 13.9. The Balaban J connectivity index is 2.08. The van der Waals surface area contributed by atoms with E-state index in [2.05, 4.69) is 36.3 Å². The third-order valence-electron chi connectivity index (χ3n) is 2.95. The molecule has 1 amide bonds. The van der Waals surface area contributed by atoms with Crippen molar-refractivity contribution in [1.29, 1.82) is 0 Å². The van der Waals surface area contributed by atoms with Gasteiger partial charge >= 0.3 is 0 Å². The molecular weight excluding hydrogens is 230 g/mol. The van der Waals surface area contributed by atoms with Gasteiger partial charge in [-0.2, -0.15) is 0 Å². The minimum atomic E-state index is 0.0810. The Bertz CT molecular complexity index is 240. The molecule has 1 heterocycles. The van der Waals surface area contributed by atoms with Gasteiger partial charge in [0.25, 0.3) is 0 Å². The van der Waals surface area contributed by atoms with E-state index < -0.39 is 0 Å². The SMILES string of the molecule is CC(C)CNC(=O)CNC(C)CN1CCOCC1. The molecule has 1 aliphatic heterocycles. The van der Waals surface area contributed by atoms with E-state index in [1.54, 1.807) is 0 Å². The average Bonchev–Trinajstić information content (AvgIpc) is 2.35. The lowest BCUT2D eigenvalue weighted by Gasteiger charge is -2.29. The van der Waals surface area contributed by atoms with E-state index in [4.69, 9.17) is 4.74 Å². The Labute approximate surface area is 110 Å². The highest BCUT2D eigenvalue weighted by Gasteiger charge is 2.14. The van der Waals surface area contributed by atoms with E-state index in [1.807, 2.05) is 0 Å². The third-order valence-corrected chi connectivity index (χ3v) is 2.95. The molecule has 1 fully saturated rings. The van der Waals surface area contributed by atoms with Crippen LogP contribution in [0.4, 0.5) is 0 Å². The zero-order chi connectivity index (χ0) is 13.4. The topological polar surface area (TPSA) is 53.6 Å². The van der Waals surface area contributed by atoms with Crippen molar-refractivity contribution >= 4 is 5.91 Å². The fraction of sp³-hybridized carbons (Fsp3) is 0.923. The number of ether oxygens (including phenoxy) is 1. The van der Waals surface area contributed by atoms with Crippen molar-refractivity contribution in [2.24, 2.45) is 5.92 Å². The van der Waals surface area contributed by atoms with Crippen molar-refractivity contribution in [1.82, 2.24) is 15.5 Å². The summed E-state index contributed by atoms with van der Waals surface area (Å²) in [5.74, 6) is 0.581. The maximum Gasteiger partial charge on any atom is 0.233 e. The molecule has 0 aromatic rings. The van der Waals surface area contributed by atoms with E-state index >= 15 is 0 Å². The second-order valence-corrected chi connectivity index (χ2v) is 5.39. The highest BCUT2D eigenvalue weighted by molar-refractivity contribution is 5.77. The lowest BCUT2D eigenvalue weighted by molar-refractivity contribution is -0.120. The molecular formula is C13H27N3O2. The minimum absolute atomic E-state index is 0.0810. The van der Waals surface area contributed by atoms with Gasteiger partial charge in [-0.3, -0.25) is 9.69 Å². The maximum absolute atomic E-state index is 11.5. The minimum Gasteiger partial charge on any atom is -0.379 e. The molecule has 0 aliphatic carbocycles. The number of nitrogens with zero attached hydrogens (tertiary/aromatic N) is 1. The summed E-state index contributed by atoms with van der Waals surface area (Å²) >= 11 is 0. The van der Waals surface area contributed by atoms with Crippen molar-refractivity contribution in [3.8, 4) is 0 Å². The second-order valence-electron chi connectivity index (χ2n) is 5.39. The van der Waals surface area contributed by atoms with Crippen molar-refractivity contribution in [2.75, 3.05) is 45.9 Å². The summed E-state index contributed by atoms with van der Waals surface area (Å²) in [5.41, 5.74) is 0. The zero-order valence-electron chi connectivity index (χ0n) is 11.9. The third kappa shape index (κ3) is 6.93. The molecule has 1 rings (SSSR count). The summed E-state index contributed by atoms with van der Waals surface area (Å²) in [5, 5.41) is 6.16. The molecule has 0 bridgehead atoms. The quantitative estimate of drug-likeness (QED) is 0.678.